The molecule has 1 amide bonds. The Kier molecular flexibility index (Phi) is 6.08. The standard InChI is InChI=1S/C20H22N4O5/c1-13-9-15(25)11-19(27)24(13)6-5-18(26)22-14-3-4-17-16(10-14)20(28)23(12-21-17)7-8-29-2/h3-4,9-12,25H,5-8H2,1-2H3,(H,22,26). The fraction of sp³-hybridized carbons (Fsp3) is 0.300. The van der Waals surface area contributed by atoms with E-state index in [1.165, 1.54) is 21.5 Å². The second-order valence-electron chi connectivity index (χ2n) is 6.61. The highest BCUT2D eigenvalue weighted by atomic mass is 16.5. The van der Waals surface area contributed by atoms with Gasteiger partial charge in [0.25, 0.3) is 11.1 Å². The zero-order valence-corrected chi connectivity index (χ0v) is 16.2. The minimum absolute atomic E-state index is 0.0642. The molecular formula is C20H22N4O5. The molecule has 3 aromatic rings. The van der Waals surface area contributed by atoms with Crippen LogP contribution in [-0.4, -0.2) is 38.8 Å². The van der Waals surface area contributed by atoms with Crippen molar-refractivity contribution in [2.45, 2.75) is 26.4 Å². The van der Waals surface area contributed by atoms with E-state index in [4.69, 9.17) is 4.74 Å². The molecule has 0 atom stereocenters. The molecule has 0 saturated carbocycles. The summed E-state index contributed by atoms with van der Waals surface area (Å²) in [7, 11) is 1.56. The van der Waals surface area contributed by atoms with Crippen LogP contribution in [0.1, 0.15) is 12.1 Å². The van der Waals surface area contributed by atoms with E-state index in [9.17, 15) is 19.5 Å². The van der Waals surface area contributed by atoms with E-state index in [0.717, 1.165) is 6.07 Å². The van der Waals surface area contributed by atoms with Gasteiger partial charge in [-0.1, -0.05) is 0 Å². The summed E-state index contributed by atoms with van der Waals surface area (Å²) in [5.41, 5.74) is 0.989. The third-order valence-corrected chi connectivity index (χ3v) is 4.53. The summed E-state index contributed by atoms with van der Waals surface area (Å²) in [6, 6.07) is 7.50. The Hall–Kier alpha value is -3.46. The van der Waals surface area contributed by atoms with Crippen LogP contribution in [0.15, 0.2) is 46.2 Å². The van der Waals surface area contributed by atoms with Crippen molar-refractivity contribution < 1.29 is 14.6 Å². The average molecular weight is 398 g/mol. The average Bonchev–Trinajstić information content (AvgIpc) is 2.67. The summed E-state index contributed by atoms with van der Waals surface area (Å²) in [6.45, 7) is 2.63. The molecule has 0 fully saturated rings. The normalized spacial score (nSPS) is 11.0. The van der Waals surface area contributed by atoms with Gasteiger partial charge in [0.15, 0.2) is 0 Å². The predicted octanol–water partition coefficient (Wildman–Crippen LogP) is 1.25. The van der Waals surface area contributed by atoms with E-state index in [1.54, 1.807) is 32.2 Å². The molecule has 0 radical (unpaired) electrons. The lowest BCUT2D eigenvalue weighted by Crippen LogP contribution is -2.24. The number of aryl methyl sites for hydroxylation is 1. The van der Waals surface area contributed by atoms with Crippen LogP contribution in [0.25, 0.3) is 10.9 Å². The zero-order chi connectivity index (χ0) is 21.0. The van der Waals surface area contributed by atoms with Gasteiger partial charge in [0, 0.05) is 37.5 Å². The van der Waals surface area contributed by atoms with Gasteiger partial charge in [-0.05, 0) is 31.2 Å². The fourth-order valence-corrected chi connectivity index (χ4v) is 3.02. The second-order valence-corrected chi connectivity index (χ2v) is 6.61. The van der Waals surface area contributed by atoms with Crippen LogP contribution in [0, 0.1) is 6.92 Å². The van der Waals surface area contributed by atoms with Crippen LogP contribution in [0.3, 0.4) is 0 Å². The fourth-order valence-electron chi connectivity index (χ4n) is 3.02. The van der Waals surface area contributed by atoms with E-state index in [2.05, 4.69) is 10.3 Å². The molecule has 3 rings (SSSR count). The zero-order valence-electron chi connectivity index (χ0n) is 16.2. The maximum atomic E-state index is 12.6. The number of fused-ring (bicyclic) bond motifs is 1. The summed E-state index contributed by atoms with van der Waals surface area (Å²) in [5.74, 6) is -0.401. The molecule has 0 aliphatic carbocycles. The van der Waals surface area contributed by atoms with Crippen LogP contribution in [0.4, 0.5) is 5.69 Å². The van der Waals surface area contributed by atoms with Gasteiger partial charge in [-0.25, -0.2) is 4.98 Å². The molecule has 2 aromatic heterocycles. The van der Waals surface area contributed by atoms with E-state index in [1.807, 2.05) is 0 Å². The number of nitrogens with zero attached hydrogens (tertiary/aromatic N) is 3. The molecule has 0 spiro atoms. The minimum atomic E-state index is -0.372. The third kappa shape index (κ3) is 4.69. The number of amides is 1. The highest BCUT2D eigenvalue weighted by Crippen LogP contribution is 2.15. The van der Waals surface area contributed by atoms with Crippen molar-refractivity contribution in [3.8, 4) is 5.75 Å². The van der Waals surface area contributed by atoms with Crippen LogP contribution < -0.4 is 16.4 Å². The molecule has 0 bridgehead atoms. The lowest BCUT2D eigenvalue weighted by Gasteiger charge is -2.11. The Morgan fingerprint density at radius 3 is 2.72 bits per heavy atom. The lowest BCUT2D eigenvalue weighted by molar-refractivity contribution is -0.116. The molecule has 29 heavy (non-hydrogen) atoms. The highest BCUT2D eigenvalue weighted by molar-refractivity contribution is 5.93. The van der Waals surface area contributed by atoms with Gasteiger partial charge in [-0.3, -0.25) is 19.0 Å². The SMILES string of the molecule is COCCn1cnc2ccc(NC(=O)CCn3c(C)cc(O)cc3=O)cc2c1=O. The number of rotatable bonds is 7. The summed E-state index contributed by atoms with van der Waals surface area (Å²) in [5, 5.41) is 12.6. The summed E-state index contributed by atoms with van der Waals surface area (Å²) >= 11 is 0. The number of hydrogen-bond acceptors (Lipinski definition) is 6. The van der Waals surface area contributed by atoms with Gasteiger partial charge < -0.3 is 19.7 Å². The van der Waals surface area contributed by atoms with E-state index < -0.39 is 0 Å². The summed E-state index contributed by atoms with van der Waals surface area (Å²) in [6.07, 6.45) is 1.54. The number of carbonyl (C=O) groups is 1. The van der Waals surface area contributed by atoms with Crippen molar-refractivity contribution in [2.75, 3.05) is 19.0 Å². The molecule has 0 aliphatic rings. The first-order valence-corrected chi connectivity index (χ1v) is 9.07. The van der Waals surface area contributed by atoms with E-state index in [-0.39, 0.29) is 35.7 Å². The maximum Gasteiger partial charge on any atom is 0.261 e. The van der Waals surface area contributed by atoms with Crippen LogP contribution >= 0.6 is 0 Å². The highest BCUT2D eigenvalue weighted by Gasteiger charge is 2.09. The number of ether oxygens (including phenoxy) is 1. The quantitative estimate of drug-likeness (QED) is 0.619. The monoisotopic (exact) mass is 398 g/mol. The number of carbonyl (C=O) groups excluding carboxylic acids is 1. The van der Waals surface area contributed by atoms with Gasteiger partial charge in [0.1, 0.15) is 5.75 Å². The van der Waals surface area contributed by atoms with Crippen molar-refractivity contribution in [3.63, 3.8) is 0 Å². The number of aromatic hydroxyl groups is 1. The molecule has 2 N–H and O–H groups in total. The second kappa shape index (κ2) is 8.70. The predicted molar refractivity (Wildman–Crippen MR) is 108 cm³/mol. The number of nitrogens with one attached hydrogen (secondary N) is 1. The molecule has 0 unspecified atom stereocenters. The van der Waals surface area contributed by atoms with E-state index in [0.29, 0.717) is 35.4 Å². The Morgan fingerprint density at radius 2 is 2.00 bits per heavy atom. The molecule has 1 aromatic carbocycles. The van der Waals surface area contributed by atoms with Crippen molar-refractivity contribution in [1.29, 1.82) is 0 Å². The number of methoxy groups -OCH3 is 1. The molecule has 0 aliphatic heterocycles. The van der Waals surface area contributed by atoms with Crippen molar-refractivity contribution in [2.24, 2.45) is 0 Å². The van der Waals surface area contributed by atoms with Gasteiger partial charge in [-0.2, -0.15) is 0 Å². The first kappa shape index (κ1) is 20.3. The van der Waals surface area contributed by atoms with Gasteiger partial charge >= 0.3 is 0 Å². The Balaban J connectivity index is 1.74. The number of aromatic nitrogens is 3. The number of anilines is 1. The van der Waals surface area contributed by atoms with Crippen LogP contribution in [0.2, 0.25) is 0 Å². The maximum absolute atomic E-state index is 12.6. The molecule has 152 valence electrons. The topological polar surface area (TPSA) is 115 Å². The summed E-state index contributed by atoms with van der Waals surface area (Å²) in [4.78, 5) is 41.1. The van der Waals surface area contributed by atoms with Gasteiger partial charge in [-0.15, -0.1) is 0 Å². The van der Waals surface area contributed by atoms with Crippen LogP contribution in [0.5, 0.6) is 5.75 Å². The van der Waals surface area contributed by atoms with Crippen molar-refractivity contribution in [1.82, 2.24) is 14.1 Å². The smallest absolute Gasteiger partial charge is 0.261 e. The van der Waals surface area contributed by atoms with Crippen molar-refractivity contribution >= 4 is 22.5 Å². The van der Waals surface area contributed by atoms with E-state index >= 15 is 0 Å². The molecule has 2 heterocycles. The summed E-state index contributed by atoms with van der Waals surface area (Å²) < 4.78 is 7.86. The number of benzene rings is 1. The third-order valence-electron chi connectivity index (χ3n) is 4.53. The Labute approximate surface area is 166 Å². The molecule has 9 heteroatoms. The Morgan fingerprint density at radius 1 is 1.21 bits per heavy atom. The molecule has 0 saturated heterocycles. The largest absolute Gasteiger partial charge is 0.508 e. The van der Waals surface area contributed by atoms with Crippen LogP contribution in [-0.2, 0) is 22.6 Å². The van der Waals surface area contributed by atoms with Crippen molar-refractivity contribution in [3.05, 3.63) is 63.1 Å². The molecule has 9 nitrogen and oxygen atoms in total. The first-order valence-electron chi connectivity index (χ1n) is 9.07. The Bertz CT molecular complexity index is 1170. The molecular weight excluding hydrogens is 376 g/mol. The number of hydrogen-bond donors (Lipinski definition) is 2. The van der Waals surface area contributed by atoms with Gasteiger partial charge in [0.05, 0.1) is 30.4 Å². The number of pyridine rings is 1. The first-order chi connectivity index (χ1) is 13.9. The lowest BCUT2D eigenvalue weighted by atomic mass is 10.2. The van der Waals surface area contributed by atoms with Gasteiger partial charge in [0.2, 0.25) is 5.91 Å². The minimum Gasteiger partial charge on any atom is -0.508 e.